The molecule has 0 saturated carbocycles. The Balaban J connectivity index is 2.16. The van der Waals surface area contributed by atoms with Gasteiger partial charge in [-0.05, 0) is 58.4 Å². The molecule has 0 amide bonds. The molecule has 0 N–H and O–H groups in total. The van der Waals surface area contributed by atoms with Gasteiger partial charge in [-0.25, -0.2) is 4.79 Å². The first-order valence-corrected chi connectivity index (χ1v) is 7.44. The molecule has 3 nitrogen and oxygen atoms in total. The van der Waals surface area contributed by atoms with Gasteiger partial charge in [0, 0.05) is 9.79 Å². The number of ether oxygens (including phenoxy) is 2. The molecule has 0 aliphatic heterocycles. The summed E-state index contributed by atoms with van der Waals surface area (Å²) in [6.07, 6.45) is 0. The number of halogens is 1. The summed E-state index contributed by atoms with van der Waals surface area (Å²) in [5.74, 6) is 0.466. The zero-order chi connectivity index (χ0) is 14.5. The third-order valence-electron chi connectivity index (χ3n) is 2.63. The molecule has 0 saturated heterocycles. The summed E-state index contributed by atoms with van der Waals surface area (Å²) in [6.45, 7) is 0. The van der Waals surface area contributed by atoms with Crippen LogP contribution in [0.3, 0.4) is 0 Å². The highest BCUT2D eigenvalue weighted by atomic mass is 79.9. The number of carbonyl (C=O) groups is 1. The number of benzene rings is 2. The van der Waals surface area contributed by atoms with Crippen LogP contribution in [0.4, 0.5) is 0 Å². The number of rotatable bonds is 4. The first-order valence-electron chi connectivity index (χ1n) is 5.84. The van der Waals surface area contributed by atoms with Crippen LogP contribution in [0.2, 0.25) is 0 Å². The second-order valence-electron chi connectivity index (χ2n) is 3.91. The SMILES string of the molecule is COC(=O)c1ccc(Sc2ccc(Br)c(OC)c2)cc1. The van der Waals surface area contributed by atoms with E-state index in [0.29, 0.717) is 5.56 Å². The Morgan fingerprint density at radius 3 is 2.30 bits per heavy atom. The maximum absolute atomic E-state index is 11.4. The monoisotopic (exact) mass is 352 g/mol. The maximum Gasteiger partial charge on any atom is 0.337 e. The second kappa shape index (κ2) is 6.81. The van der Waals surface area contributed by atoms with E-state index >= 15 is 0 Å². The van der Waals surface area contributed by atoms with Crippen molar-refractivity contribution in [3.8, 4) is 5.75 Å². The molecule has 0 spiro atoms. The van der Waals surface area contributed by atoms with Crippen molar-refractivity contribution in [2.75, 3.05) is 14.2 Å². The van der Waals surface area contributed by atoms with E-state index in [9.17, 15) is 4.79 Å². The summed E-state index contributed by atoms with van der Waals surface area (Å²) >= 11 is 5.02. The fraction of sp³-hybridized carbons (Fsp3) is 0.133. The van der Waals surface area contributed by atoms with Crippen LogP contribution < -0.4 is 4.74 Å². The van der Waals surface area contributed by atoms with Crippen molar-refractivity contribution in [1.29, 1.82) is 0 Å². The van der Waals surface area contributed by atoms with E-state index in [-0.39, 0.29) is 5.97 Å². The Morgan fingerprint density at radius 1 is 1.05 bits per heavy atom. The zero-order valence-corrected chi connectivity index (χ0v) is 13.5. The molecule has 0 aliphatic rings. The summed E-state index contributed by atoms with van der Waals surface area (Å²) in [5, 5.41) is 0. The number of esters is 1. The lowest BCUT2D eigenvalue weighted by atomic mass is 10.2. The van der Waals surface area contributed by atoms with Gasteiger partial charge in [-0.2, -0.15) is 0 Å². The molecule has 0 atom stereocenters. The Bertz CT molecular complexity index is 611. The van der Waals surface area contributed by atoms with Gasteiger partial charge in [0.1, 0.15) is 5.75 Å². The van der Waals surface area contributed by atoms with E-state index in [1.165, 1.54) is 7.11 Å². The van der Waals surface area contributed by atoms with Crippen molar-refractivity contribution in [1.82, 2.24) is 0 Å². The highest BCUT2D eigenvalue weighted by Crippen LogP contribution is 2.34. The maximum atomic E-state index is 11.4. The number of hydrogen-bond donors (Lipinski definition) is 0. The van der Waals surface area contributed by atoms with Gasteiger partial charge in [0.2, 0.25) is 0 Å². The number of carbonyl (C=O) groups excluding carboxylic acids is 1. The standard InChI is InChI=1S/C15H13BrO3S/c1-18-14-9-12(7-8-13(14)16)20-11-5-3-10(4-6-11)15(17)19-2/h3-9H,1-2H3. The normalized spacial score (nSPS) is 10.2. The molecular formula is C15H13BrO3S. The van der Waals surface area contributed by atoms with Crippen LogP contribution in [-0.2, 0) is 4.74 Å². The van der Waals surface area contributed by atoms with Crippen LogP contribution in [0.5, 0.6) is 5.75 Å². The summed E-state index contributed by atoms with van der Waals surface area (Å²) in [5.41, 5.74) is 0.547. The van der Waals surface area contributed by atoms with Crippen LogP contribution in [0.25, 0.3) is 0 Å². The highest BCUT2D eigenvalue weighted by molar-refractivity contribution is 9.10. The average molecular weight is 353 g/mol. The van der Waals surface area contributed by atoms with Crippen LogP contribution in [0, 0.1) is 0 Å². The molecule has 20 heavy (non-hydrogen) atoms. The number of methoxy groups -OCH3 is 2. The largest absolute Gasteiger partial charge is 0.496 e. The lowest BCUT2D eigenvalue weighted by molar-refractivity contribution is 0.0600. The van der Waals surface area contributed by atoms with Gasteiger partial charge in [-0.3, -0.25) is 0 Å². The van der Waals surface area contributed by atoms with Gasteiger partial charge in [0.25, 0.3) is 0 Å². The van der Waals surface area contributed by atoms with Crippen molar-refractivity contribution in [3.05, 3.63) is 52.5 Å². The Labute approximate surface area is 130 Å². The molecule has 0 fully saturated rings. The third-order valence-corrected chi connectivity index (χ3v) is 4.29. The lowest BCUT2D eigenvalue weighted by Crippen LogP contribution is -2.00. The highest BCUT2D eigenvalue weighted by Gasteiger charge is 2.06. The van der Waals surface area contributed by atoms with Crippen LogP contribution in [-0.4, -0.2) is 20.2 Å². The molecule has 0 aromatic heterocycles. The van der Waals surface area contributed by atoms with Crippen molar-refractivity contribution in [3.63, 3.8) is 0 Å². The first kappa shape index (κ1) is 14.9. The molecule has 0 bridgehead atoms. The quantitative estimate of drug-likeness (QED) is 0.764. The van der Waals surface area contributed by atoms with E-state index in [1.807, 2.05) is 30.3 Å². The van der Waals surface area contributed by atoms with E-state index in [0.717, 1.165) is 20.0 Å². The van der Waals surface area contributed by atoms with Gasteiger partial charge in [-0.15, -0.1) is 0 Å². The second-order valence-corrected chi connectivity index (χ2v) is 5.92. The van der Waals surface area contributed by atoms with Crippen molar-refractivity contribution in [2.24, 2.45) is 0 Å². The van der Waals surface area contributed by atoms with Gasteiger partial charge in [0.05, 0.1) is 24.3 Å². The smallest absolute Gasteiger partial charge is 0.337 e. The Hall–Kier alpha value is -1.46. The summed E-state index contributed by atoms with van der Waals surface area (Å²) in [6, 6.07) is 13.2. The molecular weight excluding hydrogens is 340 g/mol. The molecule has 2 rings (SSSR count). The molecule has 2 aromatic rings. The van der Waals surface area contributed by atoms with Crippen LogP contribution >= 0.6 is 27.7 Å². The van der Waals surface area contributed by atoms with E-state index in [1.54, 1.807) is 31.0 Å². The zero-order valence-electron chi connectivity index (χ0n) is 11.1. The number of hydrogen-bond acceptors (Lipinski definition) is 4. The van der Waals surface area contributed by atoms with Crippen molar-refractivity contribution >= 4 is 33.7 Å². The van der Waals surface area contributed by atoms with Gasteiger partial charge < -0.3 is 9.47 Å². The van der Waals surface area contributed by atoms with Gasteiger partial charge in [-0.1, -0.05) is 11.8 Å². The van der Waals surface area contributed by atoms with E-state index in [2.05, 4.69) is 20.7 Å². The molecule has 0 heterocycles. The topological polar surface area (TPSA) is 35.5 Å². The Morgan fingerprint density at radius 2 is 1.70 bits per heavy atom. The minimum atomic E-state index is -0.327. The predicted octanol–water partition coefficient (Wildman–Crippen LogP) is 4.40. The van der Waals surface area contributed by atoms with Crippen LogP contribution in [0.15, 0.2) is 56.7 Å². The predicted molar refractivity (Wildman–Crippen MR) is 82.6 cm³/mol. The molecule has 0 aliphatic carbocycles. The van der Waals surface area contributed by atoms with Crippen molar-refractivity contribution < 1.29 is 14.3 Å². The molecule has 5 heteroatoms. The van der Waals surface area contributed by atoms with E-state index in [4.69, 9.17) is 4.74 Å². The fourth-order valence-electron chi connectivity index (χ4n) is 1.62. The minimum absolute atomic E-state index is 0.327. The summed E-state index contributed by atoms with van der Waals surface area (Å²) in [7, 11) is 3.01. The molecule has 2 aromatic carbocycles. The summed E-state index contributed by atoms with van der Waals surface area (Å²) < 4.78 is 10.9. The average Bonchev–Trinajstić information content (AvgIpc) is 2.49. The molecule has 0 unspecified atom stereocenters. The molecule has 104 valence electrons. The Kier molecular flexibility index (Phi) is 5.09. The van der Waals surface area contributed by atoms with Gasteiger partial charge >= 0.3 is 5.97 Å². The summed E-state index contributed by atoms with van der Waals surface area (Å²) in [4.78, 5) is 13.5. The van der Waals surface area contributed by atoms with E-state index < -0.39 is 0 Å². The van der Waals surface area contributed by atoms with Gasteiger partial charge in [0.15, 0.2) is 0 Å². The minimum Gasteiger partial charge on any atom is -0.496 e. The lowest BCUT2D eigenvalue weighted by Gasteiger charge is -2.07. The molecule has 0 radical (unpaired) electrons. The van der Waals surface area contributed by atoms with Crippen LogP contribution in [0.1, 0.15) is 10.4 Å². The fourth-order valence-corrected chi connectivity index (χ4v) is 2.87. The first-order chi connectivity index (χ1) is 9.63. The third kappa shape index (κ3) is 3.55. The van der Waals surface area contributed by atoms with Crippen molar-refractivity contribution in [2.45, 2.75) is 9.79 Å².